The van der Waals surface area contributed by atoms with Crippen LogP contribution in [0.15, 0.2) is 12.2 Å². The Hall–Kier alpha value is -0.170. The zero-order valence-electron chi connectivity index (χ0n) is 4.48. The van der Waals surface area contributed by atoms with E-state index in [1.165, 1.54) is 6.42 Å². The fourth-order valence-electron chi connectivity index (χ4n) is 0.298. The third-order valence-corrected chi connectivity index (χ3v) is 0.777. The maximum Gasteiger partial charge on any atom is 0.0554 e. The summed E-state index contributed by atoms with van der Waals surface area (Å²) in [5.41, 5.74) is 0. The number of rotatable bonds is 3. The lowest BCUT2D eigenvalue weighted by atomic mass is 10.3. The number of unbranched alkanes of at least 4 members (excludes halogenated alkanes) is 1. The Bertz CT molecular complexity index is 64.6. The van der Waals surface area contributed by atoms with Gasteiger partial charge in [-0.05, 0) is 12.5 Å². The molecule has 0 spiro atoms. The van der Waals surface area contributed by atoms with E-state index in [9.17, 15) is 0 Å². The highest BCUT2D eigenvalue weighted by Gasteiger charge is 1.67. The van der Waals surface area contributed by atoms with Crippen LogP contribution in [0.1, 0.15) is 19.8 Å². The minimum absolute atomic E-state index is 1.11. The van der Waals surface area contributed by atoms with Crippen molar-refractivity contribution in [2.45, 2.75) is 19.8 Å². The summed E-state index contributed by atoms with van der Waals surface area (Å²) in [7, 11) is 0. The summed E-state index contributed by atoms with van der Waals surface area (Å²) in [5.74, 6) is 0. The van der Waals surface area contributed by atoms with Crippen molar-refractivity contribution in [1.29, 1.82) is 0 Å². The Kier molecular flexibility index (Phi) is 5.69. The van der Waals surface area contributed by atoms with Gasteiger partial charge in [-0.3, -0.25) is 0 Å². The van der Waals surface area contributed by atoms with E-state index in [-0.39, 0.29) is 0 Å². The molecule has 1 radical (unpaired) electrons. The molecule has 1 heteroatoms. The van der Waals surface area contributed by atoms with E-state index in [2.05, 4.69) is 24.5 Å². The molecule has 7 heavy (non-hydrogen) atoms. The number of thiocarbonyl (C=S) groups is 1. The number of hydrogen-bond donors (Lipinski definition) is 0. The molecule has 39 valence electrons. The minimum atomic E-state index is 1.11. The van der Waals surface area contributed by atoms with Gasteiger partial charge < -0.3 is 0 Å². The Balaban J connectivity index is 2.92. The van der Waals surface area contributed by atoms with Gasteiger partial charge in [0.2, 0.25) is 0 Å². The van der Waals surface area contributed by atoms with Crippen LogP contribution in [-0.4, -0.2) is 5.37 Å². The van der Waals surface area contributed by atoms with E-state index in [1.54, 1.807) is 6.08 Å². The molecule has 0 aliphatic carbocycles. The summed E-state index contributed by atoms with van der Waals surface area (Å²) in [5, 5.41) is 2.51. The van der Waals surface area contributed by atoms with Gasteiger partial charge in [0.1, 0.15) is 0 Å². The molecule has 0 rings (SSSR count). The first-order valence-corrected chi connectivity index (χ1v) is 2.85. The SMILES string of the molecule is CCC/C=C/[C]=S. The van der Waals surface area contributed by atoms with Crippen molar-refractivity contribution in [1.82, 2.24) is 0 Å². The molecule has 0 saturated carbocycles. The molecule has 0 unspecified atom stereocenters. The first kappa shape index (κ1) is 6.83. The highest BCUT2D eigenvalue weighted by Crippen LogP contribution is 1.85. The van der Waals surface area contributed by atoms with Crippen LogP contribution in [0.25, 0.3) is 0 Å². The normalized spacial score (nSPS) is 9.86. The fraction of sp³-hybridized carbons (Fsp3) is 0.500. The molecule has 0 heterocycles. The van der Waals surface area contributed by atoms with Gasteiger partial charge in [0.05, 0.1) is 5.37 Å². The molecule has 0 atom stereocenters. The van der Waals surface area contributed by atoms with Gasteiger partial charge in [0.15, 0.2) is 0 Å². The highest BCUT2D eigenvalue weighted by molar-refractivity contribution is 7.79. The summed E-state index contributed by atoms with van der Waals surface area (Å²) in [6, 6.07) is 0. The van der Waals surface area contributed by atoms with Crippen LogP contribution >= 0.6 is 12.2 Å². The van der Waals surface area contributed by atoms with E-state index in [0.29, 0.717) is 0 Å². The molecule has 0 aromatic rings. The molecular weight excluding hydrogens is 104 g/mol. The molecule has 0 aromatic heterocycles. The van der Waals surface area contributed by atoms with Crippen LogP contribution in [0.2, 0.25) is 0 Å². The molecule has 0 fully saturated rings. The molecule has 0 N–H and O–H groups in total. The lowest BCUT2D eigenvalue weighted by molar-refractivity contribution is 0.960. The van der Waals surface area contributed by atoms with Crippen molar-refractivity contribution >= 4 is 17.6 Å². The maximum atomic E-state index is 4.43. The first-order chi connectivity index (χ1) is 3.41. The summed E-state index contributed by atoms with van der Waals surface area (Å²) < 4.78 is 0. The largest absolute Gasteiger partial charge is 0.0831 e. The van der Waals surface area contributed by atoms with Gasteiger partial charge >= 0.3 is 0 Å². The van der Waals surface area contributed by atoms with Crippen LogP contribution in [0.5, 0.6) is 0 Å². The maximum absolute atomic E-state index is 4.43. The first-order valence-electron chi connectivity index (χ1n) is 2.44. The van der Waals surface area contributed by atoms with Gasteiger partial charge in [-0.1, -0.05) is 31.6 Å². The van der Waals surface area contributed by atoms with Crippen LogP contribution < -0.4 is 0 Å². The van der Waals surface area contributed by atoms with E-state index in [4.69, 9.17) is 0 Å². The summed E-state index contributed by atoms with van der Waals surface area (Å²) in [6.45, 7) is 2.13. The van der Waals surface area contributed by atoms with Crippen molar-refractivity contribution in [2.24, 2.45) is 0 Å². The molecule has 0 saturated heterocycles. The van der Waals surface area contributed by atoms with Gasteiger partial charge in [0.25, 0.3) is 0 Å². The van der Waals surface area contributed by atoms with Gasteiger partial charge in [-0.25, -0.2) is 0 Å². The van der Waals surface area contributed by atoms with Crippen molar-refractivity contribution in [3.8, 4) is 0 Å². The zero-order valence-corrected chi connectivity index (χ0v) is 5.29. The second-order valence-electron chi connectivity index (χ2n) is 1.31. The Morgan fingerprint density at radius 2 is 2.43 bits per heavy atom. The molecule has 0 aliphatic rings. The van der Waals surface area contributed by atoms with Gasteiger partial charge in [-0.15, -0.1) is 0 Å². The molecule has 0 amide bonds. The molecule has 0 aromatic carbocycles. The van der Waals surface area contributed by atoms with Crippen LogP contribution in [-0.2, 0) is 0 Å². The predicted molar refractivity (Wildman–Crippen MR) is 36.6 cm³/mol. The smallest absolute Gasteiger partial charge is 0.0554 e. The van der Waals surface area contributed by atoms with E-state index in [1.807, 2.05) is 6.08 Å². The monoisotopic (exact) mass is 113 g/mol. The lowest BCUT2D eigenvalue weighted by Gasteiger charge is -1.76. The van der Waals surface area contributed by atoms with Crippen LogP contribution in [0.3, 0.4) is 0 Å². The highest BCUT2D eigenvalue weighted by atomic mass is 32.1. The summed E-state index contributed by atoms with van der Waals surface area (Å²) in [6.07, 6.45) is 6.10. The molecular formula is C6H9S. The number of hydrogen-bond acceptors (Lipinski definition) is 1. The molecule has 0 nitrogen and oxygen atoms in total. The van der Waals surface area contributed by atoms with Gasteiger partial charge in [-0.2, -0.15) is 0 Å². The van der Waals surface area contributed by atoms with Crippen LogP contribution in [0.4, 0.5) is 0 Å². The van der Waals surface area contributed by atoms with Crippen molar-refractivity contribution in [2.75, 3.05) is 0 Å². The lowest BCUT2D eigenvalue weighted by Crippen LogP contribution is -1.59. The Morgan fingerprint density at radius 1 is 1.71 bits per heavy atom. The Morgan fingerprint density at radius 3 is 2.86 bits per heavy atom. The Labute approximate surface area is 50.2 Å². The third kappa shape index (κ3) is 5.83. The topological polar surface area (TPSA) is 0 Å². The minimum Gasteiger partial charge on any atom is -0.0831 e. The van der Waals surface area contributed by atoms with E-state index in [0.717, 1.165) is 6.42 Å². The van der Waals surface area contributed by atoms with Crippen LogP contribution in [0, 0.1) is 0 Å². The standard InChI is InChI=1S/C6H9S/c1-2-3-4-5-6-7/h4-5H,2-3H2,1H3/b5-4+. The molecule has 0 bridgehead atoms. The van der Waals surface area contributed by atoms with E-state index >= 15 is 0 Å². The second kappa shape index (κ2) is 5.83. The number of allylic oxidation sites excluding steroid dienone is 2. The van der Waals surface area contributed by atoms with Crippen molar-refractivity contribution < 1.29 is 0 Å². The van der Waals surface area contributed by atoms with Crippen molar-refractivity contribution in [3.63, 3.8) is 0 Å². The third-order valence-electron chi connectivity index (χ3n) is 0.641. The zero-order chi connectivity index (χ0) is 5.54. The summed E-state index contributed by atoms with van der Waals surface area (Å²) in [4.78, 5) is 0. The van der Waals surface area contributed by atoms with Crippen molar-refractivity contribution in [3.05, 3.63) is 12.2 Å². The fourth-order valence-corrected chi connectivity index (χ4v) is 0.394. The quantitative estimate of drug-likeness (QED) is 0.399. The second-order valence-corrected chi connectivity index (χ2v) is 1.54. The van der Waals surface area contributed by atoms with E-state index < -0.39 is 0 Å². The van der Waals surface area contributed by atoms with Gasteiger partial charge in [0, 0.05) is 0 Å². The molecule has 0 aliphatic heterocycles. The predicted octanol–water partition coefficient (Wildman–Crippen LogP) is 2.22. The average Bonchev–Trinajstić information content (AvgIpc) is 1.69. The average molecular weight is 113 g/mol. The summed E-state index contributed by atoms with van der Waals surface area (Å²) >= 11 is 4.43.